The summed E-state index contributed by atoms with van der Waals surface area (Å²) in [5.41, 5.74) is -0.529. The third-order valence-corrected chi connectivity index (χ3v) is 5.37. The second-order valence-corrected chi connectivity index (χ2v) is 7.24. The smallest absolute Gasteiger partial charge is 0.325 e. The molecular weight excluding hydrogens is 334 g/mol. The monoisotopic (exact) mass is 359 g/mol. The van der Waals surface area contributed by atoms with E-state index in [0.29, 0.717) is 30.3 Å². The van der Waals surface area contributed by atoms with E-state index in [-0.39, 0.29) is 12.5 Å². The second kappa shape index (κ2) is 6.97. The first-order chi connectivity index (χ1) is 12.3. The van der Waals surface area contributed by atoms with Gasteiger partial charge in [-0.3, -0.25) is 14.5 Å². The van der Waals surface area contributed by atoms with E-state index in [2.05, 4.69) is 12.2 Å². The van der Waals surface area contributed by atoms with Gasteiger partial charge < -0.3 is 15.0 Å². The van der Waals surface area contributed by atoms with Gasteiger partial charge in [0.2, 0.25) is 5.91 Å². The number of imide groups is 1. The van der Waals surface area contributed by atoms with Crippen LogP contribution >= 0.6 is 0 Å². The van der Waals surface area contributed by atoms with Gasteiger partial charge in [-0.15, -0.1) is 0 Å². The summed E-state index contributed by atoms with van der Waals surface area (Å²) in [6, 6.07) is 6.43. The zero-order chi connectivity index (χ0) is 18.9. The normalized spacial score (nSPS) is 24.0. The first kappa shape index (κ1) is 18.2. The average Bonchev–Trinajstić information content (AvgIpc) is 2.86. The van der Waals surface area contributed by atoms with Crippen molar-refractivity contribution in [2.75, 3.05) is 26.7 Å². The van der Waals surface area contributed by atoms with Gasteiger partial charge in [-0.1, -0.05) is 19.1 Å². The molecule has 4 amide bonds. The predicted octanol–water partition coefficient (Wildman–Crippen LogP) is 1.72. The van der Waals surface area contributed by atoms with E-state index in [1.54, 1.807) is 43.2 Å². The van der Waals surface area contributed by atoms with Gasteiger partial charge in [-0.05, 0) is 43.4 Å². The molecule has 2 heterocycles. The molecule has 2 saturated heterocycles. The first-order valence-electron chi connectivity index (χ1n) is 8.91. The molecule has 26 heavy (non-hydrogen) atoms. The molecule has 1 aromatic rings. The summed E-state index contributed by atoms with van der Waals surface area (Å²) in [4.78, 5) is 40.5. The van der Waals surface area contributed by atoms with E-state index in [4.69, 9.17) is 4.74 Å². The van der Waals surface area contributed by atoms with E-state index < -0.39 is 17.5 Å². The number of hydrogen-bond donors (Lipinski definition) is 1. The van der Waals surface area contributed by atoms with Gasteiger partial charge in [0.05, 0.1) is 7.11 Å². The molecule has 2 fully saturated rings. The lowest BCUT2D eigenvalue weighted by Gasteiger charge is -2.31. The summed E-state index contributed by atoms with van der Waals surface area (Å²) >= 11 is 0. The lowest BCUT2D eigenvalue weighted by Crippen LogP contribution is -2.46. The summed E-state index contributed by atoms with van der Waals surface area (Å²) in [5, 5.41) is 2.73. The summed E-state index contributed by atoms with van der Waals surface area (Å²) in [5.74, 6) is 0.681. The van der Waals surface area contributed by atoms with Crippen LogP contribution in [0.15, 0.2) is 24.3 Å². The molecule has 2 aliphatic rings. The second-order valence-electron chi connectivity index (χ2n) is 7.24. The van der Waals surface area contributed by atoms with Gasteiger partial charge >= 0.3 is 6.03 Å². The zero-order valence-electron chi connectivity index (χ0n) is 15.4. The minimum Gasteiger partial charge on any atom is -0.497 e. The molecule has 1 N–H and O–H groups in total. The number of rotatable bonds is 4. The van der Waals surface area contributed by atoms with Crippen LogP contribution in [0.4, 0.5) is 4.79 Å². The Morgan fingerprint density at radius 3 is 2.42 bits per heavy atom. The lowest BCUT2D eigenvalue weighted by molar-refractivity contribution is -0.139. The quantitative estimate of drug-likeness (QED) is 0.831. The van der Waals surface area contributed by atoms with E-state index in [9.17, 15) is 14.4 Å². The third kappa shape index (κ3) is 3.25. The minimum atomic E-state index is -1.18. The molecule has 1 aromatic carbocycles. The molecule has 0 aromatic heterocycles. The molecule has 3 rings (SSSR count). The Bertz CT molecular complexity index is 710. The van der Waals surface area contributed by atoms with Crippen LogP contribution in [-0.4, -0.2) is 54.4 Å². The lowest BCUT2D eigenvalue weighted by atomic mass is 9.92. The van der Waals surface area contributed by atoms with Gasteiger partial charge in [0.25, 0.3) is 5.91 Å². The van der Waals surface area contributed by atoms with Crippen molar-refractivity contribution in [3.8, 4) is 5.75 Å². The van der Waals surface area contributed by atoms with Crippen molar-refractivity contribution >= 4 is 17.8 Å². The fourth-order valence-electron chi connectivity index (χ4n) is 3.45. The number of likely N-dealkylation sites (tertiary alicyclic amines) is 1. The standard InChI is InChI=1S/C19H25N3O4/c1-13-8-10-21(11-9-13)16(23)12-22-17(24)19(2,20-18(22)25)14-4-6-15(26-3)7-5-14/h4-7,13H,8-12H2,1-3H3,(H,20,25). The number of benzene rings is 1. The molecule has 0 aliphatic carbocycles. The van der Waals surface area contributed by atoms with Gasteiger partial charge in [0.1, 0.15) is 17.8 Å². The van der Waals surface area contributed by atoms with Crippen LogP contribution in [0.1, 0.15) is 32.3 Å². The fourth-order valence-corrected chi connectivity index (χ4v) is 3.45. The molecule has 7 nitrogen and oxygen atoms in total. The highest BCUT2D eigenvalue weighted by Gasteiger charge is 2.49. The van der Waals surface area contributed by atoms with E-state index in [1.807, 2.05) is 0 Å². The number of carbonyl (C=O) groups excluding carboxylic acids is 3. The van der Waals surface area contributed by atoms with Crippen molar-refractivity contribution < 1.29 is 19.1 Å². The minimum absolute atomic E-state index is 0.181. The highest BCUT2D eigenvalue weighted by Crippen LogP contribution is 2.30. The summed E-state index contributed by atoms with van der Waals surface area (Å²) in [7, 11) is 1.56. The number of urea groups is 1. The van der Waals surface area contributed by atoms with E-state index >= 15 is 0 Å². The summed E-state index contributed by atoms with van der Waals surface area (Å²) in [6.07, 6.45) is 1.91. The molecule has 0 bridgehead atoms. The molecule has 1 atom stereocenters. The number of nitrogens with zero attached hydrogens (tertiary/aromatic N) is 2. The number of piperidine rings is 1. The number of carbonyl (C=O) groups is 3. The van der Waals surface area contributed by atoms with Crippen LogP contribution < -0.4 is 10.1 Å². The molecule has 0 saturated carbocycles. The maximum absolute atomic E-state index is 12.9. The Hall–Kier alpha value is -2.57. The van der Waals surface area contributed by atoms with Crippen molar-refractivity contribution in [2.24, 2.45) is 5.92 Å². The topological polar surface area (TPSA) is 79.0 Å². The molecule has 0 spiro atoms. The summed E-state index contributed by atoms with van der Waals surface area (Å²) in [6.45, 7) is 4.96. The highest BCUT2D eigenvalue weighted by molar-refractivity contribution is 6.09. The van der Waals surface area contributed by atoms with Crippen molar-refractivity contribution in [2.45, 2.75) is 32.2 Å². The molecule has 1 unspecified atom stereocenters. The molecule has 0 radical (unpaired) electrons. The number of ether oxygens (including phenoxy) is 1. The average molecular weight is 359 g/mol. The number of nitrogens with one attached hydrogen (secondary N) is 1. The van der Waals surface area contributed by atoms with Crippen LogP contribution in [0.2, 0.25) is 0 Å². The Kier molecular flexibility index (Phi) is 4.89. The first-order valence-corrected chi connectivity index (χ1v) is 8.91. The van der Waals surface area contributed by atoms with E-state index in [0.717, 1.165) is 17.7 Å². The Morgan fingerprint density at radius 1 is 1.23 bits per heavy atom. The summed E-state index contributed by atoms with van der Waals surface area (Å²) < 4.78 is 5.13. The molecule has 140 valence electrons. The highest BCUT2D eigenvalue weighted by atomic mass is 16.5. The number of hydrogen-bond acceptors (Lipinski definition) is 4. The fraction of sp³-hybridized carbons (Fsp3) is 0.526. The zero-order valence-corrected chi connectivity index (χ0v) is 15.4. The maximum Gasteiger partial charge on any atom is 0.325 e. The Morgan fingerprint density at radius 2 is 1.85 bits per heavy atom. The van der Waals surface area contributed by atoms with Gasteiger partial charge in [-0.25, -0.2) is 4.79 Å². The van der Waals surface area contributed by atoms with Crippen LogP contribution in [-0.2, 0) is 15.1 Å². The van der Waals surface area contributed by atoms with Crippen LogP contribution in [0.5, 0.6) is 5.75 Å². The third-order valence-electron chi connectivity index (χ3n) is 5.37. The predicted molar refractivity (Wildman–Crippen MR) is 95.6 cm³/mol. The molecular formula is C19H25N3O4. The van der Waals surface area contributed by atoms with Crippen molar-refractivity contribution in [3.63, 3.8) is 0 Å². The Labute approximate surface area is 153 Å². The van der Waals surface area contributed by atoms with Gasteiger partial charge in [0.15, 0.2) is 0 Å². The van der Waals surface area contributed by atoms with Crippen molar-refractivity contribution in [3.05, 3.63) is 29.8 Å². The van der Waals surface area contributed by atoms with Crippen LogP contribution in [0, 0.1) is 5.92 Å². The maximum atomic E-state index is 12.9. The SMILES string of the molecule is COc1ccc(C2(C)NC(=O)N(CC(=O)N3CCC(C)CC3)C2=O)cc1. The van der Waals surface area contributed by atoms with Crippen LogP contribution in [0.25, 0.3) is 0 Å². The molecule has 7 heteroatoms. The largest absolute Gasteiger partial charge is 0.497 e. The van der Waals surface area contributed by atoms with Crippen LogP contribution in [0.3, 0.4) is 0 Å². The molecule has 2 aliphatic heterocycles. The number of amides is 4. The Balaban J connectivity index is 1.72. The number of methoxy groups -OCH3 is 1. The van der Waals surface area contributed by atoms with Crippen molar-refractivity contribution in [1.82, 2.24) is 15.1 Å². The van der Waals surface area contributed by atoms with E-state index in [1.165, 1.54) is 0 Å². The van der Waals surface area contributed by atoms with Crippen molar-refractivity contribution in [1.29, 1.82) is 0 Å². The van der Waals surface area contributed by atoms with Gasteiger partial charge in [0, 0.05) is 13.1 Å². The van der Waals surface area contributed by atoms with Gasteiger partial charge in [-0.2, -0.15) is 0 Å².